The van der Waals surface area contributed by atoms with E-state index in [9.17, 15) is 4.79 Å². The lowest BCUT2D eigenvalue weighted by Crippen LogP contribution is -2.34. The summed E-state index contributed by atoms with van der Waals surface area (Å²) in [5.74, 6) is 1.09. The summed E-state index contributed by atoms with van der Waals surface area (Å²) in [5.41, 5.74) is 1.28. The molecule has 17 heavy (non-hydrogen) atoms. The molecule has 0 aromatic carbocycles. The minimum absolute atomic E-state index is 0.0767. The lowest BCUT2D eigenvalue weighted by Gasteiger charge is -2.26. The topological polar surface area (TPSA) is 29.6 Å². The number of hydrogen-bond acceptors (Lipinski definition) is 2. The molecular formula is C15H24O2. The zero-order chi connectivity index (χ0) is 12.6. The Morgan fingerprint density at radius 2 is 2.29 bits per heavy atom. The number of fused-ring (bicyclic) bond motifs is 1. The zero-order valence-corrected chi connectivity index (χ0v) is 11.5. The largest absolute Gasteiger partial charge is 0.358 e. The summed E-state index contributed by atoms with van der Waals surface area (Å²) in [7, 11) is 0. The molecule has 0 bridgehead atoms. The molecule has 4 atom stereocenters. The number of ketones is 1. The van der Waals surface area contributed by atoms with Gasteiger partial charge in [-0.1, -0.05) is 18.6 Å². The third-order valence-electron chi connectivity index (χ3n) is 4.32. The first-order valence-corrected chi connectivity index (χ1v) is 6.79. The van der Waals surface area contributed by atoms with Crippen molar-refractivity contribution in [2.24, 2.45) is 11.8 Å². The van der Waals surface area contributed by atoms with Crippen molar-refractivity contribution in [1.82, 2.24) is 0 Å². The minimum Gasteiger partial charge on any atom is -0.358 e. The van der Waals surface area contributed by atoms with E-state index in [0.29, 0.717) is 11.7 Å². The van der Waals surface area contributed by atoms with Gasteiger partial charge in [0.2, 0.25) is 0 Å². The van der Waals surface area contributed by atoms with E-state index in [-0.39, 0.29) is 17.6 Å². The van der Waals surface area contributed by atoms with Gasteiger partial charge in [-0.25, -0.2) is 0 Å². The summed E-state index contributed by atoms with van der Waals surface area (Å²) < 4.78 is 5.54. The van der Waals surface area contributed by atoms with E-state index >= 15 is 0 Å². The van der Waals surface area contributed by atoms with Crippen molar-refractivity contribution in [3.8, 4) is 0 Å². The van der Waals surface area contributed by atoms with Crippen molar-refractivity contribution in [1.29, 1.82) is 0 Å². The minimum atomic E-state index is -0.0901. The Morgan fingerprint density at radius 1 is 1.59 bits per heavy atom. The molecule has 1 aliphatic heterocycles. The van der Waals surface area contributed by atoms with Crippen LogP contribution in [0.4, 0.5) is 0 Å². The van der Waals surface area contributed by atoms with Crippen LogP contribution in [0.2, 0.25) is 0 Å². The highest BCUT2D eigenvalue weighted by molar-refractivity contribution is 5.90. The highest BCUT2D eigenvalue weighted by Gasteiger charge is 2.61. The number of epoxide rings is 1. The fraction of sp³-hybridized carbons (Fsp3) is 0.800. The number of carbonyl (C=O) groups is 1. The molecule has 1 heterocycles. The summed E-state index contributed by atoms with van der Waals surface area (Å²) in [6.45, 7) is 8.53. The standard InChI is InChI=1S/C15H24O2/c1-10(2)6-5-7-11(3)12-8-9-15(4)14(17-15)13(12)16/h6,11-12,14H,5,7-9H2,1-4H3. The van der Waals surface area contributed by atoms with Crippen molar-refractivity contribution in [2.45, 2.75) is 65.1 Å². The van der Waals surface area contributed by atoms with Gasteiger partial charge in [0.05, 0.1) is 5.60 Å². The Bertz CT molecular complexity index is 341. The van der Waals surface area contributed by atoms with Crippen molar-refractivity contribution >= 4 is 5.78 Å². The molecule has 2 nitrogen and oxygen atoms in total. The van der Waals surface area contributed by atoms with Crippen LogP contribution in [-0.2, 0) is 9.53 Å². The molecule has 2 rings (SSSR count). The third-order valence-corrected chi connectivity index (χ3v) is 4.32. The van der Waals surface area contributed by atoms with Crippen LogP contribution in [-0.4, -0.2) is 17.5 Å². The molecule has 4 unspecified atom stereocenters. The molecule has 1 saturated heterocycles. The lowest BCUT2D eigenvalue weighted by molar-refractivity contribution is -0.126. The van der Waals surface area contributed by atoms with Crippen molar-refractivity contribution in [2.75, 3.05) is 0 Å². The number of rotatable bonds is 4. The Balaban J connectivity index is 1.86. The van der Waals surface area contributed by atoms with Crippen LogP contribution >= 0.6 is 0 Å². The number of ether oxygens (including phenoxy) is 1. The van der Waals surface area contributed by atoms with Crippen LogP contribution in [0.25, 0.3) is 0 Å². The molecule has 0 aromatic rings. The van der Waals surface area contributed by atoms with Crippen LogP contribution < -0.4 is 0 Å². The van der Waals surface area contributed by atoms with Gasteiger partial charge >= 0.3 is 0 Å². The quantitative estimate of drug-likeness (QED) is 0.552. The van der Waals surface area contributed by atoms with E-state index in [1.807, 2.05) is 0 Å². The SMILES string of the molecule is CC(C)=CCCC(C)C1CCC2(C)OC2C1=O. The first-order chi connectivity index (χ1) is 7.94. The number of allylic oxidation sites excluding steroid dienone is 2. The van der Waals surface area contributed by atoms with Gasteiger partial charge in [-0.15, -0.1) is 0 Å². The maximum atomic E-state index is 12.2. The maximum absolute atomic E-state index is 12.2. The highest BCUT2D eigenvalue weighted by atomic mass is 16.6. The van der Waals surface area contributed by atoms with E-state index in [1.54, 1.807) is 0 Å². The molecule has 0 N–H and O–H groups in total. The monoisotopic (exact) mass is 236 g/mol. The summed E-state index contributed by atoms with van der Waals surface area (Å²) >= 11 is 0. The highest BCUT2D eigenvalue weighted by Crippen LogP contribution is 2.49. The Kier molecular flexibility index (Phi) is 3.44. The summed E-state index contributed by atoms with van der Waals surface area (Å²) in [6, 6.07) is 0. The Hall–Kier alpha value is -0.630. The van der Waals surface area contributed by atoms with Gasteiger partial charge in [0, 0.05) is 5.92 Å². The fourth-order valence-corrected chi connectivity index (χ4v) is 2.96. The van der Waals surface area contributed by atoms with Gasteiger partial charge in [-0.2, -0.15) is 0 Å². The van der Waals surface area contributed by atoms with E-state index in [0.717, 1.165) is 25.7 Å². The Morgan fingerprint density at radius 3 is 2.94 bits per heavy atom. The predicted molar refractivity (Wildman–Crippen MR) is 68.8 cm³/mol. The smallest absolute Gasteiger partial charge is 0.167 e. The van der Waals surface area contributed by atoms with Crippen LogP contribution in [0.5, 0.6) is 0 Å². The van der Waals surface area contributed by atoms with Gasteiger partial charge in [0.25, 0.3) is 0 Å². The summed E-state index contributed by atoms with van der Waals surface area (Å²) in [4.78, 5) is 12.2. The van der Waals surface area contributed by atoms with Crippen LogP contribution in [0, 0.1) is 11.8 Å². The van der Waals surface area contributed by atoms with E-state index in [2.05, 4.69) is 33.8 Å². The summed E-state index contributed by atoms with van der Waals surface area (Å²) in [5, 5.41) is 0. The van der Waals surface area contributed by atoms with Gasteiger partial charge in [-0.05, 0) is 52.4 Å². The van der Waals surface area contributed by atoms with Gasteiger partial charge in [-0.3, -0.25) is 4.79 Å². The maximum Gasteiger partial charge on any atom is 0.167 e. The zero-order valence-electron chi connectivity index (χ0n) is 11.5. The average Bonchev–Trinajstić information content (AvgIpc) is 2.91. The lowest BCUT2D eigenvalue weighted by atomic mass is 9.75. The van der Waals surface area contributed by atoms with E-state index < -0.39 is 0 Å². The first-order valence-electron chi connectivity index (χ1n) is 6.79. The Labute approximate surface area is 104 Å². The van der Waals surface area contributed by atoms with Gasteiger partial charge < -0.3 is 4.74 Å². The van der Waals surface area contributed by atoms with Crippen molar-refractivity contribution in [3.05, 3.63) is 11.6 Å². The molecule has 2 fully saturated rings. The van der Waals surface area contributed by atoms with Crippen molar-refractivity contribution < 1.29 is 9.53 Å². The summed E-state index contributed by atoms with van der Waals surface area (Å²) in [6.07, 6.45) is 6.47. The van der Waals surface area contributed by atoms with Crippen LogP contribution in [0.3, 0.4) is 0 Å². The van der Waals surface area contributed by atoms with Crippen molar-refractivity contribution in [3.63, 3.8) is 0 Å². The average molecular weight is 236 g/mol. The molecule has 0 aromatic heterocycles. The van der Waals surface area contributed by atoms with Crippen LogP contribution in [0.15, 0.2) is 11.6 Å². The molecule has 2 aliphatic rings. The van der Waals surface area contributed by atoms with E-state index in [4.69, 9.17) is 4.74 Å². The molecule has 0 radical (unpaired) electrons. The molecule has 1 saturated carbocycles. The molecule has 96 valence electrons. The van der Waals surface area contributed by atoms with Crippen LogP contribution in [0.1, 0.15) is 53.4 Å². The number of carbonyl (C=O) groups excluding carboxylic acids is 1. The third kappa shape index (κ3) is 2.62. The molecule has 1 aliphatic carbocycles. The second-order valence-corrected chi connectivity index (χ2v) is 6.19. The molecule has 2 heteroatoms. The normalized spacial score (nSPS) is 37.3. The molecule has 0 amide bonds. The van der Waals surface area contributed by atoms with Gasteiger partial charge in [0.1, 0.15) is 6.10 Å². The molecular weight excluding hydrogens is 212 g/mol. The predicted octanol–water partition coefficient (Wildman–Crippen LogP) is 3.51. The van der Waals surface area contributed by atoms with E-state index in [1.165, 1.54) is 5.57 Å². The fourth-order valence-electron chi connectivity index (χ4n) is 2.96. The first kappa shape index (κ1) is 12.8. The number of Topliss-reactive ketones (excluding diaryl/α,β-unsaturated/α-hetero) is 1. The number of hydrogen-bond donors (Lipinski definition) is 0. The van der Waals surface area contributed by atoms with Gasteiger partial charge in [0.15, 0.2) is 5.78 Å². The second kappa shape index (κ2) is 4.56. The second-order valence-electron chi connectivity index (χ2n) is 6.19. The molecule has 0 spiro atoms.